The minimum atomic E-state index is -4.16. The zero-order valence-corrected chi connectivity index (χ0v) is 19.0. The fraction of sp³-hybridized carbons (Fsp3) is 0.500. The van der Waals surface area contributed by atoms with Crippen molar-refractivity contribution in [2.75, 3.05) is 13.2 Å². The lowest BCUT2D eigenvalue weighted by Crippen LogP contribution is -2.56. The number of ether oxygens (including phenoxy) is 3. The largest absolute Gasteiger partial charge is 0.490 e. The van der Waals surface area contributed by atoms with E-state index in [1.54, 1.807) is 0 Å². The van der Waals surface area contributed by atoms with Crippen molar-refractivity contribution < 1.29 is 31.4 Å². The Bertz CT molecular complexity index is 1140. The van der Waals surface area contributed by atoms with Crippen LogP contribution in [0.15, 0.2) is 41.3 Å². The molecule has 2 fully saturated rings. The predicted octanol–water partition coefficient (Wildman–Crippen LogP) is 5.49. The number of rotatable bonds is 4. The lowest BCUT2D eigenvalue weighted by atomic mass is 9.66. The molecule has 5 atom stereocenters. The van der Waals surface area contributed by atoms with Crippen LogP contribution in [0.2, 0.25) is 5.02 Å². The Kier molecular flexibility index (Phi) is 6.50. The molecule has 0 radical (unpaired) electrons. The van der Waals surface area contributed by atoms with E-state index < -0.39 is 38.4 Å². The van der Waals surface area contributed by atoms with Gasteiger partial charge in [-0.1, -0.05) is 19.0 Å². The van der Waals surface area contributed by atoms with Crippen LogP contribution in [-0.4, -0.2) is 34.0 Å². The molecule has 5 nitrogen and oxygen atoms in total. The highest BCUT2D eigenvalue weighted by Gasteiger charge is 2.64. The Hall–Kier alpha value is -1.74. The number of hydrogen-bond acceptors (Lipinski definition) is 5. The van der Waals surface area contributed by atoms with E-state index in [1.807, 2.05) is 6.92 Å². The van der Waals surface area contributed by atoms with Gasteiger partial charge < -0.3 is 14.2 Å². The van der Waals surface area contributed by atoms with Crippen molar-refractivity contribution in [1.29, 1.82) is 0 Å². The van der Waals surface area contributed by atoms with Crippen molar-refractivity contribution in [3.05, 3.63) is 58.6 Å². The predicted molar refractivity (Wildman–Crippen MR) is 120 cm³/mol. The van der Waals surface area contributed by atoms with Gasteiger partial charge in [-0.25, -0.2) is 17.2 Å². The molecule has 2 aliphatic heterocycles. The molecule has 0 aromatic heterocycles. The molecule has 1 saturated heterocycles. The van der Waals surface area contributed by atoms with E-state index in [-0.39, 0.29) is 48.7 Å². The first-order valence-corrected chi connectivity index (χ1v) is 12.5. The number of benzene rings is 2. The molecule has 180 valence electrons. The van der Waals surface area contributed by atoms with Crippen molar-refractivity contribution in [3.8, 4) is 5.75 Å². The number of fused-ring (bicyclic) bond motifs is 5. The van der Waals surface area contributed by atoms with E-state index in [4.69, 9.17) is 25.8 Å². The summed E-state index contributed by atoms with van der Waals surface area (Å²) >= 11 is 5.97. The molecule has 3 aliphatic rings. The summed E-state index contributed by atoms with van der Waals surface area (Å²) in [5, 5.41) is 0.384. The summed E-state index contributed by atoms with van der Waals surface area (Å²) in [6.45, 7) is 2.27. The normalized spacial score (nSPS) is 30.4. The summed E-state index contributed by atoms with van der Waals surface area (Å²) in [6.07, 6.45) is 0.248. The van der Waals surface area contributed by atoms with Gasteiger partial charge in [0, 0.05) is 24.0 Å². The molecule has 2 aromatic rings. The highest BCUT2D eigenvalue weighted by Crippen LogP contribution is 2.60. The molecule has 1 aliphatic carbocycles. The second kappa shape index (κ2) is 8.80. The first kappa shape index (κ1) is 24.4. The maximum absolute atomic E-state index is 15.3. The molecule has 0 unspecified atom stereocenters. The van der Waals surface area contributed by atoms with Gasteiger partial charge in [0.05, 0.1) is 23.2 Å². The monoisotopic (exact) mass is 500 g/mol. The second-order valence-corrected chi connectivity index (χ2v) is 11.1. The molecule has 9 heteroatoms. The molecular formula is C24H27ClF2O5S. The lowest BCUT2D eigenvalue weighted by molar-refractivity contribution is -0.136. The number of halogens is 3. The summed E-state index contributed by atoms with van der Waals surface area (Å²) in [4.78, 5) is 0.0159. The molecular weight excluding hydrogens is 474 g/mol. The molecule has 1 saturated carbocycles. The first-order chi connectivity index (χ1) is 15.3. The van der Waals surface area contributed by atoms with Crippen molar-refractivity contribution in [2.24, 2.45) is 11.8 Å². The van der Waals surface area contributed by atoms with Gasteiger partial charge >= 0.3 is 0 Å². The maximum atomic E-state index is 15.3. The van der Waals surface area contributed by atoms with Gasteiger partial charge in [0.25, 0.3) is 0 Å². The van der Waals surface area contributed by atoms with Crippen molar-refractivity contribution in [1.82, 2.24) is 0 Å². The summed E-state index contributed by atoms with van der Waals surface area (Å²) < 4.78 is 74.1. The quantitative estimate of drug-likeness (QED) is 0.555. The van der Waals surface area contributed by atoms with E-state index in [0.717, 1.165) is 12.1 Å². The summed E-state index contributed by atoms with van der Waals surface area (Å²) in [5.41, 5.74) is -0.220. The SMILES string of the molecule is C.CCO[C@@H]1C[C@@H]2[C@@H](CC[C@@]3(S(=O)(=O)c4ccc(Cl)cc4)c4c(F)ccc(F)c4OC[C@@H]23)O1. The topological polar surface area (TPSA) is 61.8 Å². The van der Waals surface area contributed by atoms with Gasteiger partial charge in [0.2, 0.25) is 0 Å². The Morgan fingerprint density at radius 1 is 1.15 bits per heavy atom. The van der Waals surface area contributed by atoms with Crippen LogP contribution in [-0.2, 0) is 24.1 Å². The average Bonchev–Trinajstić information content (AvgIpc) is 3.19. The summed E-state index contributed by atoms with van der Waals surface area (Å²) in [7, 11) is -4.16. The molecule has 2 aromatic carbocycles. The molecule has 33 heavy (non-hydrogen) atoms. The van der Waals surface area contributed by atoms with E-state index in [0.29, 0.717) is 24.5 Å². The molecule has 2 heterocycles. The second-order valence-electron chi connectivity index (χ2n) is 8.50. The average molecular weight is 501 g/mol. The summed E-state index contributed by atoms with van der Waals surface area (Å²) in [6, 6.07) is 7.73. The maximum Gasteiger partial charge on any atom is 0.188 e. The summed E-state index contributed by atoms with van der Waals surface area (Å²) in [5.74, 6) is -2.75. The molecule has 0 bridgehead atoms. The Balaban J connectivity index is 0.00000259. The van der Waals surface area contributed by atoms with Gasteiger partial charge in [-0.05, 0) is 62.1 Å². The van der Waals surface area contributed by atoms with Gasteiger partial charge in [-0.2, -0.15) is 0 Å². The highest BCUT2D eigenvalue weighted by molar-refractivity contribution is 7.92. The third-order valence-electron chi connectivity index (χ3n) is 7.03. The zero-order valence-electron chi connectivity index (χ0n) is 17.4. The van der Waals surface area contributed by atoms with Crippen LogP contribution in [0.1, 0.15) is 39.2 Å². The smallest absolute Gasteiger partial charge is 0.188 e. The third kappa shape index (κ3) is 3.57. The fourth-order valence-corrected chi connectivity index (χ4v) is 8.24. The first-order valence-electron chi connectivity index (χ1n) is 10.7. The Morgan fingerprint density at radius 2 is 1.85 bits per heavy atom. The number of sulfone groups is 1. The molecule has 0 amide bonds. The van der Waals surface area contributed by atoms with Gasteiger partial charge in [-0.15, -0.1) is 0 Å². The minimum absolute atomic E-state index is 0. The molecule has 0 spiro atoms. The fourth-order valence-electron chi connectivity index (χ4n) is 5.71. The van der Waals surface area contributed by atoms with E-state index in [2.05, 4.69) is 0 Å². The zero-order chi connectivity index (χ0) is 22.7. The van der Waals surface area contributed by atoms with E-state index in [1.165, 1.54) is 24.3 Å². The van der Waals surface area contributed by atoms with Gasteiger partial charge in [-0.3, -0.25) is 0 Å². The van der Waals surface area contributed by atoms with Crippen LogP contribution in [0, 0.1) is 23.5 Å². The van der Waals surface area contributed by atoms with Crippen molar-refractivity contribution in [3.63, 3.8) is 0 Å². The van der Waals surface area contributed by atoms with Crippen LogP contribution in [0.5, 0.6) is 5.75 Å². The number of hydrogen-bond donors (Lipinski definition) is 0. The molecule has 0 N–H and O–H groups in total. The Labute approximate surface area is 197 Å². The van der Waals surface area contributed by atoms with Crippen molar-refractivity contribution in [2.45, 2.75) is 55.6 Å². The van der Waals surface area contributed by atoms with Crippen LogP contribution < -0.4 is 4.74 Å². The minimum Gasteiger partial charge on any atom is -0.490 e. The lowest BCUT2D eigenvalue weighted by Gasteiger charge is -2.50. The molecule has 5 rings (SSSR count). The third-order valence-corrected chi connectivity index (χ3v) is 9.84. The Morgan fingerprint density at radius 3 is 2.55 bits per heavy atom. The van der Waals surface area contributed by atoms with Crippen molar-refractivity contribution >= 4 is 21.4 Å². The standard InChI is InChI=1S/C23H23ClF2O5S.CH4/c1-2-29-20-11-15-16-12-30-22-18(26)8-7-17(25)21(22)23(16,10-9-19(15)31-20)32(27,28)14-5-3-13(24)4-6-14;/h3-8,15-16,19-20H,2,9-12H2,1H3;1H4/t15-,16-,19+,20-,23-;/m0./s1. The van der Waals surface area contributed by atoms with Crippen LogP contribution in [0.3, 0.4) is 0 Å². The van der Waals surface area contributed by atoms with Crippen LogP contribution in [0.25, 0.3) is 0 Å². The van der Waals surface area contributed by atoms with Gasteiger partial charge in [0.15, 0.2) is 27.7 Å². The van der Waals surface area contributed by atoms with E-state index in [9.17, 15) is 12.8 Å². The van der Waals surface area contributed by atoms with Crippen LogP contribution in [0.4, 0.5) is 8.78 Å². The van der Waals surface area contributed by atoms with E-state index >= 15 is 4.39 Å². The highest BCUT2D eigenvalue weighted by atomic mass is 35.5. The van der Waals surface area contributed by atoms with Gasteiger partial charge in [0.1, 0.15) is 10.6 Å². The van der Waals surface area contributed by atoms with Crippen LogP contribution >= 0.6 is 11.6 Å².